The number of carbonyl (C=O) groups excluding carboxylic acids is 1. The monoisotopic (exact) mass is 337 g/mol. The van der Waals surface area contributed by atoms with Gasteiger partial charge in [0.15, 0.2) is 5.78 Å². The molecular formula is C21H23NO3. The number of carboxylic acids is 1. The molecule has 0 bridgehead atoms. The lowest BCUT2D eigenvalue weighted by Crippen LogP contribution is -2.24. The number of allylic oxidation sites excluding steroid dienone is 4. The second kappa shape index (κ2) is 7.57. The van der Waals surface area contributed by atoms with Gasteiger partial charge in [-0.25, -0.2) is 0 Å². The summed E-state index contributed by atoms with van der Waals surface area (Å²) in [5, 5.41) is 8.94. The zero-order valence-electron chi connectivity index (χ0n) is 14.5. The summed E-state index contributed by atoms with van der Waals surface area (Å²) in [6.45, 7) is 0. The Balaban J connectivity index is 1.64. The molecule has 0 unspecified atom stereocenters. The molecule has 2 aliphatic rings. The van der Waals surface area contributed by atoms with Gasteiger partial charge in [0.2, 0.25) is 0 Å². The van der Waals surface area contributed by atoms with Gasteiger partial charge in [-0.3, -0.25) is 9.59 Å². The Hall–Kier alpha value is -2.54. The van der Waals surface area contributed by atoms with Crippen LogP contribution in [0.5, 0.6) is 0 Å². The molecule has 1 fully saturated rings. The number of rotatable bonds is 5. The predicted molar refractivity (Wildman–Crippen MR) is 96.1 cm³/mol. The third-order valence-corrected chi connectivity index (χ3v) is 5.25. The molecular weight excluding hydrogens is 314 g/mol. The Bertz CT molecular complexity index is 793. The Labute approximate surface area is 148 Å². The van der Waals surface area contributed by atoms with Crippen molar-refractivity contribution in [3.8, 4) is 11.8 Å². The standard InChI is InChI=1S/C21H23NO3/c1-22-18(14-20(23)24)12-13-19(22)21(25)17-10-8-16(9-11-17)15-6-4-2-3-5-7-15/h4,6-7,12-13,16-17H,2,8-11,14H2,1H3,(H,23,24). The molecule has 130 valence electrons. The molecule has 1 heterocycles. The van der Waals surface area contributed by atoms with Gasteiger partial charge in [-0.15, -0.1) is 0 Å². The summed E-state index contributed by atoms with van der Waals surface area (Å²) in [5.74, 6) is 5.94. The van der Waals surface area contributed by atoms with Gasteiger partial charge >= 0.3 is 5.97 Å². The molecule has 3 rings (SSSR count). The molecule has 1 aromatic rings. The Morgan fingerprint density at radius 1 is 1.24 bits per heavy atom. The van der Waals surface area contributed by atoms with Gasteiger partial charge in [0, 0.05) is 25.1 Å². The van der Waals surface area contributed by atoms with Crippen LogP contribution in [0.15, 0.2) is 35.9 Å². The highest BCUT2D eigenvalue weighted by Gasteiger charge is 2.29. The number of Topliss-reactive ketones (excluding diaryl/α,β-unsaturated/α-hetero) is 1. The minimum atomic E-state index is -0.881. The first-order valence-corrected chi connectivity index (χ1v) is 8.82. The molecule has 4 heteroatoms. The van der Waals surface area contributed by atoms with Gasteiger partial charge in [0.25, 0.3) is 0 Å². The first-order valence-electron chi connectivity index (χ1n) is 8.82. The number of aliphatic carboxylic acids is 1. The Morgan fingerprint density at radius 2 is 2.00 bits per heavy atom. The fraction of sp³-hybridized carbons (Fsp3) is 0.429. The summed E-state index contributed by atoms with van der Waals surface area (Å²) in [6.07, 6.45) is 10.8. The molecule has 0 atom stereocenters. The number of hydrogen-bond acceptors (Lipinski definition) is 2. The topological polar surface area (TPSA) is 59.3 Å². The fourth-order valence-electron chi connectivity index (χ4n) is 3.78. The van der Waals surface area contributed by atoms with Crippen molar-refractivity contribution in [3.05, 3.63) is 47.3 Å². The first-order chi connectivity index (χ1) is 12.1. The SMILES string of the molecule is Cn1c(CC(=O)O)ccc1C(=O)C1CCC(C2=CC#CCC=C2)CC1. The van der Waals surface area contributed by atoms with Crippen molar-refractivity contribution in [1.82, 2.24) is 4.57 Å². The Morgan fingerprint density at radius 3 is 2.72 bits per heavy atom. The average Bonchev–Trinajstić information content (AvgIpc) is 2.80. The highest BCUT2D eigenvalue weighted by molar-refractivity contribution is 5.96. The van der Waals surface area contributed by atoms with Crippen LogP contribution in [0.2, 0.25) is 0 Å². The lowest BCUT2D eigenvalue weighted by atomic mass is 9.76. The smallest absolute Gasteiger partial charge is 0.309 e. The molecule has 0 spiro atoms. The van der Waals surface area contributed by atoms with Crippen LogP contribution in [0.25, 0.3) is 0 Å². The van der Waals surface area contributed by atoms with Crippen molar-refractivity contribution in [2.45, 2.75) is 38.5 Å². The van der Waals surface area contributed by atoms with E-state index in [0.717, 1.165) is 32.1 Å². The van der Waals surface area contributed by atoms with Crippen LogP contribution >= 0.6 is 0 Å². The first kappa shape index (κ1) is 17.3. The number of nitrogens with zero attached hydrogens (tertiary/aromatic N) is 1. The van der Waals surface area contributed by atoms with Crippen LogP contribution in [-0.4, -0.2) is 21.4 Å². The number of carboxylic acid groups (broad SMARTS) is 1. The summed E-state index contributed by atoms with van der Waals surface area (Å²) < 4.78 is 1.73. The highest BCUT2D eigenvalue weighted by atomic mass is 16.4. The van der Waals surface area contributed by atoms with E-state index >= 15 is 0 Å². The van der Waals surface area contributed by atoms with Crippen molar-refractivity contribution in [1.29, 1.82) is 0 Å². The van der Waals surface area contributed by atoms with Crippen molar-refractivity contribution in [3.63, 3.8) is 0 Å². The summed E-state index contributed by atoms with van der Waals surface area (Å²) in [4.78, 5) is 23.7. The van der Waals surface area contributed by atoms with E-state index in [4.69, 9.17) is 5.11 Å². The van der Waals surface area contributed by atoms with Crippen molar-refractivity contribution in [2.24, 2.45) is 18.9 Å². The van der Waals surface area contributed by atoms with Gasteiger partial charge in [-0.05, 0) is 55.4 Å². The molecule has 4 nitrogen and oxygen atoms in total. The molecule has 1 aromatic heterocycles. The third-order valence-electron chi connectivity index (χ3n) is 5.25. The summed E-state index contributed by atoms with van der Waals surface area (Å²) in [5.41, 5.74) is 2.58. The van der Waals surface area contributed by atoms with Crippen LogP contribution in [0.1, 0.15) is 48.3 Å². The van der Waals surface area contributed by atoms with Gasteiger partial charge in [0.1, 0.15) is 0 Å². The summed E-state index contributed by atoms with van der Waals surface area (Å²) in [7, 11) is 1.77. The second-order valence-electron chi connectivity index (χ2n) is 6.82. The van der Waals surface area contributed by atoms with Crippen molar-refractivity contribution in [2.75, 3.05) is 0 Å². The van der Waals surface area contributed by atoms with Gasteiger partial charge in [-0.2, -0.15) is 0 Å². The van der Waals surface area contributed by atoms with E-state index in [1.54, 1.807) is 23.7 Å². The number of hydrogen-bond donors (Lipinski definition) is 1. The number of aromatic nitrogens is 1. The largest absolute Gasteiger partial charge is 0.481 e. The van der Waals surface area contributed by atoms with E-state index in [-0.39, 0.29) is 18.1 Å². The van der Waals surface area contributed by atoms with E-state index in [1.807, 2.05) is 6.08 Å². The number of carbonyl (C=O) groups is 2. The zero-order chi connectivity index (χ0) is 17.8. The summed E-state index contributed by atoms with van der Waals surface area (Å²) in [6, 6.07) is 3.51. The predicted octanol–water partition coefficient (Wildman–Crippen LogP) is 3.53. The molecule has 25 heavy (non-hydrogen) atoms. The van der Waals surface area contributed by atoms with Crippen LogP contribution in [0.4, 0.5) is 0 Å². The quantitative estimate of drug-likeness (QED) is 0.660. The molecule has 1 N–H and O–H groups in total. The van der Waals surface area contributed by atoms with E-state index in [0.29, 0.717) is 17.3 Å². The third kappa shape index (κ3) is 3.93. The maximum atomic E-state index is 12.8. The van der Waals surface area contributed by atoms with E-state index < -0.39 is 5.97 Å². The van der Waals surface area contributed by atoms with Gasteiger partial charge < -0.3 is 9.67 Å². The fourth-order valence-corrected chi connectivity index (χ4v) is 3.78. The van der Waals surface area contributed by atoms with Crippen LogP contribution in [0.3, 0.4) is 0 Å². The van der Waals surface area contributed by atoms with Gasteiger partial charge in [-0.1, -0.05) is 24.0 Å². The minimum Gasteiger partial charge on any atom is -0.481 e. The van der Waals surface area contributed by atoms with Crippen LogP contribution in [0, 0.1) is 23.7 Å². The van der Waals surface area contributed by atoms with Crippen LogP contribution < -0.4 is 0 Å². The average molecular weight is 337 g/mol. The minimum absolute atomic E-state index is 0.0315. The van der Waals surface area contributed by atoms with Crippen molar-refractivity contribution < 1.29 is 14.7 Å². The molecule has 0 aliphatic heterocycles. The van der Waals surface area contributed by atoms with Gasteiger partial charge in [0.05, 0.1) is 12.1 Å². The molecule has 2 aliphatic carbocycles. The maximum Gasteiger partial charge on any atom is 0.309 e. The molecule has 0 aromatic carbocycles. The van der Waals surface area contributed by atoms with E-state index in [1.165, 1.54) is 5.57 Å². The molecule has 1 saturated carbocycles. The van der Waals surface area contributed by atoms with E-state index in [2.05, 4.69) is 24.0 Å². The normalized spacial score (nSPS) is 22.5. The van der Waals surface area contributed by atoms with Crippen LogP contribution in [-0.2, 0) is 18.3 Å². The highest BCUT2D eigenvalue weighted by Crippen LogP contribution is 2.35. The second-order valence-corrected chi connectivity index (χ2v) is 6.82. The molecule has 0 radical (unpaired) electrons. The van der Waals surface area contributed by atoms with E-state index in [9.17, 15) is 9.59 Å². The number of ketones is 1. The maximum absolute atomic E-state index is 12.8. The zero-order valence-corrected chi connectivity index (χ0v) is 14.5. The Kier molecular flexibility index (Phi) is 5.23. The lowest BCUT2D eigenvalue weighted by molar-refractivity contribution is -0.136. The van der Waals surface area contributed by atoms with Crippen molar-refractivity contribution >= 4 is 11.8 Å². The summed E-state index contributed by atoms with van der Waals surface area (Å²) >= 11 is 0. The lowest BCUT2D eigenvalue weighted by Gasteiger charge is -2.28. The molecule has 0 saturated heterocycles. The molecule has 0 amide bonds.